The number of epoxide rings is 1. The monoisotopic (exact) mass is 447 g/mol. The summed E-state index contributed by atoms with van der Waals surface area (Å²) >= 11 is 0. The van der Waals surface area contributed by atoms with Gasteiger partial charge < -0.3 is 9.47 Å². The minimum Gasteiger partial charge on any atom is -0.492 e. The number of pyridine rings is 1. The van der Waals surface area contributed by atoms with Gasteiger partial charge in [-0.2, -0.15) is 0 Å². The van der Waals surface area contributed by atoms with E-state index in [0.717, 1.165) is 18.3 Å². The average Bonchev–Trinajstić information content (AvgIpc) is 3.63. The molecule has 1 atom stereocenters. The van der Waals surface area contributed by atoms with Gasteiger partial charge in [0.15, 0.2) is 0 Å². The van der Waals surface area contributed by atoms with Crippen LogP contribution < -0.4 is 4.74 Å². The lowest BCUT2D eigenvalue weighted by molar-refractivity contribution is 0.146. The molecule has 0 spiro atoms. The van der Waals surface area contributed by atoms with E-state index in [4.69, 9.17) is 9.47 Å². The number of hydrogen-bond donors (Lipinski definition) is 0. The van der Waals surface area contributed by atoms with E-state index in [1.54, 1.807) is 12.1 Å². The summed E-state index contributed by atoms with van der Waals surface area (Å²) in [5.74, 6) is 1.43. The number of halogens is 3. The van der Waals surface area contributed by atoms with E-state index in [1.807, 2.05) is 0 Å². The van der Waals surface area contributed by atoms with E-state index in [1.165, 1.54) is 63.3 Å². The highest BCUT2D eigenvalue weighted by Gasteiger charge is 2.32. The Labute approximate surface area is 188 Å². The van der Waals surface area contributed by atoms with E-state index in [-0.39, 0.29) is 11.1 Å². The maximum absolute atomic E-state index is 14.6. The Balaban J connectivity index is 1.30. The fourth-order valence-electron chi connectivity index (χ4n) is 4.93. The molecule has 3 nitrogen and oxygen atoms in total. The molecule has 0 radical (unpaired) electrons. The first kappa shape index (κ1) is 23.1. The van der Waals surface area contributed by atoms with Crippen molar-refractivity contribution < 1.29 is 22.6 Å². The van der Waals surface area contributed by atoms with Gasteiger partial charge in [-0.1, -0.05) is 57.6 Å². The number of ether oxygens (including phenoxy) is 2. The molecule has 2 fully saturated rings. The predicted octanol–water partition coefficient (Wildman–Crippen LogP) is 7.66. The van der Waals surface area contributed by atoms with Gasteiger partial charge in [0.1, 0.15) is 17.7 Å². The number of alkyl halides is 2. The Hall–Kier alpha value is -2.08. The van der Waals surface area contributed by atoms with Gasteiger partial charge in [-0.15, -0.1) is 0 Å². The molecule has 0 N–H and O–H groups in total. The zero-order valence-electron chi connectivity index (χ0n) is 18.7. The molecule has 0 amide bonds. The summed E-state index contributed by atoms with van der Waals surface area (Å²) in [5.41, 5.74) is -0.0264. The first-order chi connectivity index (χ1) is 15.6. The maximum atomic E-state index is 14.6. The van der Waals surface area contributed by atoms with E-state index in [2.05, 4.69) is 11.9 Å². The van der Waals surface area contributed by atoms with Crippen LogP contribution in [-0.2, 0) is 4.74 Å². The molecule has 32 heavy (non-hydrogen) atoms. The van der Waals surface area contributed by atoms with Gasteiger partial charge in [0, 0.05) is 11.1 Å². The summed E-state index contributed by atoms with van der Waals surface area (Å²) in [4.78, 5) is 4.26. The second kappa shape index (κ2) is 10.7. The number of hydrogen-bond acceptors (Lipinski definition) is 3. The molecule has 1 aliphatic carbocycles. The van der Waals surface area contributed by atoms with Crippen molar-refractivity contribution in [2.24, 2.45) is 11.8 Å². The lowest BCUT2D eigenvalue weighted by Crippen LogP contribution is -2.15. The number of benzene rings is 1. The van der Waals surface area contributed by atoms with Gasteiger partial charge in [0.25, 0.3) is 6.43 Å². The fourth-order valence-corrected chi connectivity index (χ4v) is 4.93. The molecule has 6 heteroatoms. The molecule has 1 saturated heterocycles. The predicted molar refractivity (Wildman–Crippen MR) is 118 cm³/mol. The van der Waals surface area contributed by atoms with Crippen molar-refractivity contribution in [3.8, 4) is 17.0 Å². The van der Waals surface area contributed by atoms with Crippen molar-refractivity contribution in [1.29, 1.82) is 0 Å². The summed E-state index contributed by atoms with van der Waals surface area (Å²) in [6, 6.07) is 6.33. The second-order valence-electron chi connectivity index (χ2n) is 9.10. The highest BCUT2D eigenvalue weighted by Crippen LogP contribution is 2.40. The third-order valence-electron chi connectivity index (χ3n) is 6.81. The van der Waals surface area contributed by atoms with Crippen molar-refractivity contribution in [2.45, 2.75) is 70.8 Å². The number of aromatic nitrogens is 1. The molecular formula is C26H32F3NO2. The molecule has 174 valence electrons. The van der Waals surface area contributed by atoms with E-state index in [0.29, 0.717) is 24.7 Å². The quantitative estimate of drug-likeness (QED) is 0.277. The van der Waals surface area contributed by atoms with Crippen molar-refractivity contribution in [2.75, 3.05) is 13.2 Å². The Morgan fingerprint density at radius 1 is 1.06 bits per heavy atom. The van der Waals surface area contributed by atoms with E-state index < -0.39 is 23.9 Å². The summed E-state index contributed by atoms with van der Waals surface area (Å²) in [6.45, 7) is 3.24. The first-order valence-electron chi connectivity index (χ1n) is 11.9. The summed E-state index contributed by atoms with van der Waals surface area (Å²) < 4.78 is 52.7. The highest BCUT2D eigenvalue weighted by molar-refractivity contribution is 5.65. The molecule has 1 aromatic carbocycles. The van der Waals surface area contributed by atoms with Gasteiger partial charge in [-0.05, 0) is 36.8 Å². The van der Waals surface area contributed by atoms with Crippen LogP contribution in [0.5, 0.6) is 5.75 Å². The first-order valence-corrected chi connectivity index (χ1v) is 11.9. The van der Waals surface area contributed by atoms with Crippen LogP contribution in [0.3, 0.4) is 0 Å². The molecule has 2 heterocycles. The molecule has 1 aliphatic heterocycles. The van der Waals surface area contributed by atoms with Crippen LogP contribution in [0, 0.1) is 17.7 Å². The van der Waals surface area contributed by atoms with Gasteiger partial charge >= 0.3 is 0 Å². The molecule has 1 unspecified atom stereocenters. The van der Waals surface area contributed by atoms with Crippen LogP contribution in [0.1, 0.15) is 81.9 Å². The van der Waals surface area contributed by atoms with Gasteiger partial charge in [-0.25, -0.2) is 13.2 Å². The third kappa shape index (κ3) is 5.64. The van der Waals surface area contributed by atoms with Crippen LogP contribution in [0.25, 0.3) is 11.3 Å². The number of rotatable bonds is 10. The third-order valence-corrected chi connectivity index (χ3v) is 6.81. The van der Waals surface area contributed by atoms with Gasteiger partial charge in [-0.3, -0.25) is 4.98 Å². The summed E-state index contributed by atoms with van der Waals surface area (Å²) in [6.07, 6.45) is 8.38. The van der Waals surface area contributed by atoms with Crippen molar-refractivity contribution in [1.82, 2.24) is 4.98 Å². The van der Waals surface area contributed by atoms with Crippen LogP contribution in [0.15, 0.2) is 30.5 Å². The molecule has 0 bridgehead atoms. The minimum absolute atomic E-state index is 0.104. The van der Waals surface area contributed by atoms with Crippen LogP contribution in [0.2, 0.25) is 0 Å². The lowest BCUT2D eigenvalue weighted by atomic mass is 9.78. The molecular weight excluding hydrogens is 415 g/mol. The smallest absolute Gasteiger partial charge is 0.267 e. The Bertz CT molecular complexity index is 875. The highest BCUT2D eigenvalue weighted by atomic mass is 19.3. The van der Waals surface area contributed by atoms with Crippen LogP contribution in [0.4, 0.5) is 13.2 Å². The zero-order chi connectivity index (χ0) is 22.5. The average molecular weight is 448 g/mol. The second-order valence-corrected chi connectivity index (χ2v) is 9.10. The Morgan fingerprint density at radius 3 is 2.38 bits per heavy atom. The topological polar surface area (TPSA) is 34.6 Å². The van der Waals surface area contributed by atoms with Crippen LogP contribution >= 0.6 is 0 Å². The molecule has 1 saturated carbocycles. The summed E-state index contributed by atoms with van der Waals surface area (Å²) in [7, 11) is 0. The Kier molecular flexibility index (Phi) is 7.71. The van der Waals surface area contributed by atoms with Crippen LogP contribution in [-0.4, -0.2) is 18.2 Å². The zero-order valence-corrected chi connectivity index (χ0v) is 18.7. The van der Waals surface area contributed by atoms with E-state index in [9.17, 15) is 13.2 Å². The fraction of sp³-hybridized carbons (Fsp3) is 0.577. The molecule has 2 aromatic rings. The van der Waals surface area contributed by atoms with Crippen molar-refractivity contribution in [3.63, 3.8) is 0 Å². The van der Waals surface area contributed by atoms with Gasteiger partial charge in [0.2, 0.25) is 0 Å². The molecule has 4 rings (SSSR count). The van der Waals surface area contributed by atoms with Crippen molar-refractivity contribution >= 4 is 0 Å². The molecule has 2 aliphatic rings. The van der Waals surface area contributed by atoms with Crippen molar-refractivity contribution in [3.05, 3.63) is 47.4 Å². The standard InChI is InChI=1S/C26H32F3NO2/c1-2-4-17-6-8-18(9-7-17)5-3-14-31-19-10-13-22(30-15-19)20-11-12-21(23-16-32-23)25(27)24(20)26(28)29/h10-13,15,17-18,23,26H,2-9,14,16H2,1H3. The lowest BCUT2D eigenvalue weighted by Gasteiger charge is -2.28. The summed E-state index contributed by atoms with van der Waals surface area (Å²) in [5, 5.41) is 0. The normalized spacial score (nSPS) is 22.8. The van der Waals surface area contributed by atoms with E-state index >= 15 is 0 Å². The largest absolute Gasteiger partial charge is 0.492 e. The number of nitrogens with zero attached hydrogens (tertiary/aromatic N) is 1. The van der Waals surface area contributed by atoms with Gasteiger partial charge in [0.05, 0.1) is 30.7 Å². The SMILES string of the molecule is CCCC1CCC(CCCOc2ccc(-c3ccc(C4CO4)c(F)c3C(F)F)nc2)CC1. The molecule has 1 aromatic heterocycles. The maximum Gasteiger partial charge on any atom is 0.267 e. The Morgan fingerprint density at radius 2 is 1.78 bits per heavy atom. The minimum atomic E-state index is -2.93.